The van der Waals surface area contributed by atoms with Gasteiger partial charge in [-0.1, -0.05) is 42.5 Å². The summed E-state index contributed by atoms with van der Waals surface area (Å²) in [4.78, 5) is 46.1. The number of aromatic amines is 2. The number of likely N-dealkylation sites (tertiary alicyclic amines) is 2. The molecule has 6 heterocycles. The van der Waals surface area contributed by atoms with Crippen molar-refractivity contribution in [2.24, 2.45) is 0 Å². The first-order valence-electron chi connectivity index (χ1n) is 19.9. The largest absolute Gasteiger partial charge is 0.465 e. The van der Waals surface area contributed by atoms with Crippen LogP contribution in [0, 0.1) is 0 Å². The van der Waals surface area contributed by atoms with Crippen LogP contribution in [0.3, 0.4) is 0 Å². The molecule has 2 amide bonds. The van der Waals surface area contributed by atoms with Crippen molar-refractivity contribution in [2.45, 2.75) is 96.7 Å². The molecule has 3 aromatic carbocycles. The number of nitrogens with one attached hydrogen (secondary N) is 2. The first-order chi connectivity index (χ1) is 27.3. The Kier molecular flexibility index (Phi) is 8.90. The van der Waals surface area contributed by atoms with E-state index >= 15 is 0 Å². The van der Waals surface area contributed by atoms with Gasteiger partial charge in [-0.05, 0) is 97.6 Å². The van der Waals surface area contributed by atoms with E-state index in [2.05, 4.69) is 69.1 Å². The smallest absolute Gasteiger partial charge is 0.410 e. The molecule has 12 heteroatoms. The first kappa shape index (κ1) is 36.6. The van der Waals surface area contributed by atoms with E-state index in [0.29, 0.717) is 13.1 Å². The van der Waals surface area contributed by atoms with Gasteiger partial charge in [0.05, 0.1) is 47.1 Å². The molecule has 2 fully saturated rings. The monoisotopic (exact) mass is 767 g/mol. The highest BCUT2D eigenvalue weighted by Gasteiger charge is 2.37. The number of hydrogen-bond acceptors (Lipinski definition) is 7. The van der Waals surface area contributed by atoms with Crippen LogP contribution in [0.15, 0.2) is 85.2 Å². The molecule has 12 nitrogen and oxygen atoms in total. The van der Waals surface area contributed by atoms with Crippen molar-refractivity contribution in [1.82, 2.24) is 34.3 Å². The topological polar surface area (TPSA) is 131 Å². The molecule has 57 heavy (non-hydrogen) atoms. The van der Waals surface area contributed by atoms with Crippen LogP contribution in [0.25, 0.3) is 44.7 Å². The summed E-state index contributed by atoms with van der Waals surface area (Å²) in [5.41, 5.74) is 6.67. The summed E-state index contributed by atoms with van der Waals surface area (Å²) >= 11 is 0. The fourth-order valence-electron chi connectivity index (χ4n) is 8.36. The predicted molar refractivity (Wildman–Crippen MR) is 218 cm³/mol. The van der Waals surface area contributed by atoms with Crippen LogP contribution in [-0.2, 0) is 9.47 Å². The standard InChI is InChI=1S/C45H49N7O5/c1-44(2,3)56-42(53)50-20-10-14-35(50)39-46-25-32(48-39)28-17-19-34-30(22-28)23-37-31-18-16-29(24-38(31)55-41(52(34)37)27-12-8-7-9-13-27)33-26-47-40(49-33)36-15-11-21-51(36)43(54)57-45(4,5)6/h7-9,12-13,16-19,22-26,35-36,41H,10-11,14-15,20-21H2,1-6H3,(H,46,48)(H,47,49)/t35-,36-,41?/m0/s1. The third-order valence-electron chi connectivity index (χ3n) is 10.9. The molecule has 3 atom stereocenters. The lowest BCUT2D eigenvalue weighted by molar-refractivity contribution is 0.0208. The number of fused-ring (bicyclic) bond motifs is 5. The zero-order valence-electron chi connectivity index (χ0n) is 33.3. The van der Waals surface area contributed by atoms with Crippen molar-refractivity contribution in [3.63, 3.8) is 0 Å². The number of hydrogen-bond donors (Lipinski definition) is 2. The van der Waals surface area contributed by atoms with E-state index in [4.69, 9.17) is 24.2 Å². The molecule has 2 saturated heterocycles. The zero-order chi connectivity index (χ0) is 39.6. The molecule has 0 bridgehead atoms. The number of amides is 2. The van der Waals surface area contributed by atoms with Gasteiger partial charge in [-0.2, -0.15) is 0 Å². The maximum Gasteiger partial charge on any atom is 0.410 e. The van der Waals surface area contributed by atoms with Crippen LogP contribution in [0.4, 0.5) is 9.59 Å². The molecule has 9 rings (SSSR count). The van der Waals surface area contributed by atoms with Gasteiger partial charge in [-0.15, -0.1) is 0 Å². The van der Waals surface area contributed by atoms with Crippen LogP contribution in [0.1, 0.15) is 103 Å². The quantitative estimate of drug-likeness (QED) is 0.179. The van der Waals surface area contributed by atoms with Crippen molar-refractivity contribution in [2.75, 3.05) is 13.1 Å². The molecular formula is C45H49N7O5. The Balaban J connectivity index is 1.03. The number of carbonyl (C=O) groups is 2. The minimum Gasteiger partial charge on any atom is -0.465 e. The molecular weight excluding hydrogens is 719 g/mol. The molecule has 3 aliphatic heterocycles. The third-order valence-corrected chi connectivity index (χ3v) is 10.9. The van der Waals surface area contributed by atoms with Gasteiger partial charge >= 0.3 is 12.2 Å². The van der Waals surface area contributed by atoms with Crippen LogP contribution < -0.4 is 4.74 Å². The number of carbonyl (C=O) groups excluding carboxylic acids is 2. The average Bonchev–Trinajstić information content (AvgIpc) is 4.01. The van der Waals surface area contributed by atoms with E-state index in [-0.39, 0.29) is 24.3 Å². The molecule has 2 N–H and O–H groups in total. The molecule has 1 unspecified atom stereocenters. The molecule has 0 aliphatic carbocycles. The maximum absolute atomic E-state index is 13.0. The summed E-state index contributed by atoms with van der Waals surface area (Å²) in [5, 5.41) is 1.07. The maximum atomic E-state index is 13.0. The highest BCUT2D eigenvalue weighted by atomic mass is 16.6. The Hall–Kier alpha value is -6.04. The number of rotatable bonds is 5. The van der Waals surface area contributed by atoms with E-state index in [0.717, 1.165) is 93.3 Å². The van der Waals surface area contributed by atoms with Gasteiger partial charge in [-0.25, -0.2) is 19.6 Å². The lowest BCUT2D eigenvalue weighted by Gasteiger charge is -2.30. The molecule has 0 saturated carbocycles. The van der Waals surface area contributed by atoms with Gasteiger partial charge in [-0.3, -0.25) is 9.80 Å². The SMILES string of the molecule is CC(C)(C)OC(=O)N1CCC[C@H]1c1ncc(-c2ccc3c(c2)OC(c2ccccc2)n2c-3cc3cc(-c4cnc([C@@H]5CCCN5C(=O)OC(C)(C)C)[nH]4)ccc32)[nH]1. The number of imidazole rings is 2. The highest BCUT2D eigenvalue weighted by molar-refractivity contribution is 5.92. The minimum absolute atomic E-state index is 0.160. The Labute approximate surface area is 332 Å². The summed E-state index contributed by atoms with van der Waals surface area (Å²) < 4.78 is 20.6. The van der Waals surface area contributed by atoms with Crippen LogP contribution in [-0.4, -0.2) is 70.8 Å². The minimum atomic E-state index is -0.569. The second kappa shape index (κ2) is 13.9. The Bertz CT molecular complexity index is 2470. The van der Waals surface area contributed by atoms with Crippen LogP contribution in [0.5, 0.6) is 5.75 Å². The fraction of sp³-hybridized carbons (Fsp3) is 0.378. The van der Waals surface area contributed by atoms with Gasteiger partial charge in [0.15, 0.2) is 0 Å². The predicted octanol–water partition coefficient (Wildman–Crippen LogP) is 10.2. The number of nitrogens with zero attached hydrogens (tertiary/aromatic N) is 5. The highest BCUT2D eigenvalue weighted by Crippen LogP contribution is 2.46. The van der Waals surface area contributed by atoms with Crippen molar-refractivity contribution in [3.05, 3.63) is 102 Å². The van der Waals surface area contributed by atoms with Gasteiger partial charge < -0.3 is 28.7 Å². The summed E-state index contributed by atoms with van der Waals surface area (Å²) in [6.45, 7) is 12.6. The average molecular weight is 768 g/mol. The van der Waals surface area contributed by atoms with Crippen molar-refractivity contribution >= 4 is 23.1 Å². The molecule has 0 spiro atoms. The Morgan fingerprint density at radius 1 is 0.719 bits per heavy atom. The zero-order valence-corrected chi connectivity index (χ0v) is 33.3. The van der Waals surface area contributed by atoms with Crippen molar-refractivity contribution < 1.29 is 23.8 Å². The molecule has 3 aromatic heterocycles. The first-order valence-corrected chi connectivity index (χ1v) is 19.9. The van der Waals surface area contributed by atoms with E-state index in [1.807, 2.05) is 72.1 Å². The van der Waals surface area contributed by atoms with Crippen molar-refractivity contribution in [3.8, 4) is 39.5 Å². The number of benzene rings is 3. The summed E-state index contributed by atoms with van der Waals surface area (Å²) in [7, 11) is 0. The summed E-state index contributed by atoms with van der Waals surface area (Å²) in [6, 6.07) is 24.9. The molecule has 6 aromatic rings. The Morgan fingerprint density at radius 3 is 1.86 bits per heavy atom. The lowest BCUT2D eigenvalue weighted by atomic mass is 10.0. The fourth-order valence-corrected chi connectivity index (χ4v) is 8.36. The van der Waals surface area contributed by atoms with Crippen LogP contribution >= 0.6 is 0 Å². The van der Waals surface area contributed by atoms with E-state index in [1.54, 1.807) is 9.80 Å². The summed E-state index contributed by atoms with van der Waals surface area (Å²) in [6.07, 6.45) is 6.10. The Morgan fingerprint density at radius 2 is 1.28 bits per heavy atom. The normalized spacial score (nSPS) is 19.4. The number of aromatic nitrogens is 5. The number of ether oxygens (including phenoxy) is 3. The van der Waals surface area contributed by atoms with Crippen LogP contribution in [0.2, 0.25) is 0 Å². The van der Waals surface area contributed by atoms with Gasteiger partial charge in [0.1, 0.15) is 28.6 Å². The second-order valence-corrected chi connectivity index (χ2v) is 17.3. The van der Waals surface area contributed by atoms with E-state index < -0.39 is 17.4 Å². The van der Waals surface area contributed by atoms with E-state index in [1.165, 1.54) is 0 Å². The molecule has 0 radical (unpaired) electrons. The molecule has 3 aliphatic rings. The second-order valence-electron chi connectivity index (χ2n) is 17.3. The number of H-pyrrole nitrogens is 2. The summed E-state index contributed by atoms with van der Waals surface area (Å²) in [5.74, 6) is 2.28. The van der Waals surface area contributed by atoms with Gasteiger partial charge in [0.2, 0.25) is 6.23 Å². The van der Waals surface area contributed by atoms with E-state index in [9.17, 15) is 9.59 Å². The van der Waals surface area contributed by atoms with Gasteiger partial charge in [0, 0.05) is 40.7 Å². The van der Waals surface area contributed by atoms with Gasteiger partial charge in [0.25, 0.3) is 0 Å². The third kappa shape index (κ3) is 7.02. The van der Waals surface area contributed by atoms with Crippen molar-refractivity contribution in [1.29, 1.82) is 0 Å². The lowest BCUT2D eigenvalue weighted by Crippen LogP contribution is -2.36. The molecule has 294 valence electrons.